The first kappa shape index (κ1) is 24.4. The Morgan fingerprint density at radius 2 is 2.03 bits per heavy atom. The standard InChI is InChI=1S/C23H37N9O2/c1-14-12-32-20(28-21(14)30-9-7-15(24)13-30)11-17(29-32)19-6-4-5-8-31(19)23(34)16(25)10-18(26-2)22(33)27-3/h11-12,15-16,18-19,26H,4-10,13,24-25H2,1-3H3,(H,27,33)/t15-,16?,18?,19-/m0/s1. The number of hydrogen-bond acceptors (Lipinski definition) is 8. The first-order chi connectivity index (χ1) is 16.3. The molecular formula is C23H37N9O2. The number of likely N-dealkylation sites (N-methyl/N-ethyl adjacent to an activating group) is 2. The lowest BCUT2D eigenvalue weighted by Gasteiger charge is -2.36. The second-order valence-electron chi connectivity index (χ2n) is 9.46. The molecule has 2 aliphatic rings. The summed E-state index contributed by atoms with van der Waals surface area (Å²) in [6, 6.07) is 0.688. The number of rotatable bonds is 7. The van der Waals surface area contributed by atoms with E-state index in [-0.39, 0.29) is 30.3 Å². The van der Waals surface area contributed by atoms with Crippen LogP contribution in [0.2, 0.25) is 0 Å². The predicted molar refractivity (Wildman–Crippen MR) is 130 cm³/mol. The van der Waals surface area contributed by atoms with Crippen LogP contribution in [0.5, 0.6) is 0 Å². The maximum Gasteiger partial charge on any atom is 0.240 e. The summed E-state index contributed by atoms with van der Waals surface area (Å²) in [5.74, 6) is 0.608. The zero-order chi connectivity index (χ0) is 24.4. The molecule has 6 N–H and O–H groups in total. The van der Waals surface area contributed by atoms with E-state index in [1.165, 1.54) is 0 Å². The van der Waals surface area contributed by atoms with E-state index in [9.17, 15) is 9.59 Å². The molecule has 186 valence electrons. The van der Waals surface area contributed by atoms with E-state index in [1.807, 2.05) is 24.1 Å². The van der Waals surface area contributed by atoms with Crippen LogP contribution in [-0.2, 0) is 9.59 Å². The minimum atomic E-state index is -0.779. The molecule has 34 heavy (non-hydrogen) atoms. The molecule has 0 aliphatic carbocycles. The third kappa shape index (κ3) is 4.86. The number of likely N-dealkylation sites (tertiary alicyclic amines) is 1. The van der Waals surface area contributed by atoms with Crippen LogP contribution in [0.1, 0.15) is 49.4 Å². The number of piperidine rings is 1. The Bertz CT molecular complexity index is 1040. The molecule has 4 rings (SSSR count). The van der Waals surface area contributed by atoms with E-state index in [0.29, 0.717) is 6.54 Å². The number of nitrogens with one attached hydrogen (secondary N) is 2. The van der Waals surface area contributed by atoms with Gasteiger partial charge in [-0.05, 0) is 46.1 Å². The van der Waals surface area contributed by atoms with Gasteiger partial charge in [0.2, 0.25) is 11.8 Å². The maximum atomic E-state index is 13.3. The Balaban J connectivity index is 1.56. The summed E-state index contributed by atoms with van der Waals surface area (Å²) < 4.78 is 1.80. The van der Waals surface area contributed by atoms with Gasteiger partial charge >= 0.3 is 0 Å². The molecule has 11 heteroatoms. The summed E-state index contributed by atoms with van der Waals surface area (Å²) >= 11 is 0. The summed E-state index contributed by atoms with van der Waals surface area (Å²) in [6.07, 6.45) is 5.94. The topological polar surface area (TPSA) is 147 Å². The molecule has 2 aromatic heterocycles. The number of anilines is 1. The van der Waals surface area contributed by atoms with Crippen LogP contribution in [0.25, 0.3) is 5.65 Å². The Morgan fingerprint density at radius 1 is 1.24 bits per heavy atom. The normalized spacial score (nSPS) is 22.7. The molecule has 2 aromatic rings. The van der Waals surface area contributed by atoms with Crippen molar-refractivity contribution >= 4 is 23.3 Å². The Kier molecular flexibility index (Phi) is 7.34. The number of fused-ring (bicyclic) bond motifs is 1. The van der Waals surface area contributed by atoms with Gasteiger partial charge in [-0.25, -0.2) is 9.50 Å². The van der Waals surface area contributed by atoms with Gasteiger partial charge in [0.1, 0.15) is 5.82 Å². The van der Waals surface area contributed by atoms with Crippen molar-refractivity contribution in [2.45, 2.75) is 63.2 Å². The highest BCUT2D eigenvalue weighted by Crippen LogP contribution is 2.32. The van der Waals surface area contributed by atoms with Gasteiger partial charge in [0.05, 0.1) is 23.8 Å². The molecule has 2 saturated heterocycles. The summed E-state index contributed by atoms with van der Waals surface area (Å²) in [5, 5.41) is 10.3. The number of aryl methyl sites for hydroxylation is 1. The van der Waals surface area contributed by atoms with Crippen molar-refractivity contribution in [2.24, 2.45) is 11.5 Å². The summed E-state index contributed by atoms with van der Waals surface area (Å²) in [7, 11) is 3.26. The zero-order valence-corrected chi connectivity index (χ0v) is 20.3. The van der Waals surface area contributed by atoms with Gasteiger partial charge in [0.15, 0.2) is 5.65 Å². The quantitative estimate of drug-likeness (QED) is 0.430. The first-order valence-electron chi connectivity index (χ1n) is 12.1. The number of amides is 2. The molecule has 2 fully saturated rings. The van der Waals surface area contributed by atoms with Crippen molar-refractivity contribution in [1.82, 2.24) is 30.1 Å². The molecule has 2 unspecified atom stereocenters. The molecule has 0 aromatic carbocycles. The molecule has 4 atom stereocenters. The molecule has 4 heterocycles. The molecule has 0 radical (unpaired) electrons. The molecule has 2 aliphatic heterocycles. The van der Waals surface area contributed by atoms with Gasteiger partial charge < -0.3 is 31.9 Å². The van der Waals surface area contributed by atoms with Gasteiger partial charge in [-0.15, -0.1) is 0 Å². The molecule has 0 spiro atoms. The van der Waals surface area contributed by atoms with Gasteiger partial charge in [-0.1, -0.05) is 0 Å². The van der Waals surface area contributed by atoms with Crippen LogP contribution in [0.15, 0.2) is 12.3 Å². The molecule has 0 bridgehead atoms. The highest BCUT2D eigenvalue weighted by atomic mass is 16.2. The Hall–Kier alpha value is -2.76. The molecule has 0 saturated carbocycles. The van der Waals surface area contributed by atoms with Crippen molar-refractivity contribution in [1.29, 1.82) is 0 Å². The van der Waals surface area contributed by atoms with Gasteiger partial charge in [0.25, 0.3) is 0 Å². The Labute approximate surface area is 200 Å². The van der Waals surface area contributed by atoms with Crippen LogP contribution in [0.3, 0.4) is 0 Å². The highest BCUT2D eigenvalue weighted by Gasteiger charge is 2.34. The maximum absolute atomic E-state index is 13.3. The van der Waals surface area contributed by atoms with Crippen LogP contribution in [0, 0.1) is 6.92 Å². The average molecular weight is 472 g/mol. The monoisotopic (exact) mass is 471 g/mol. The number of hydrogen-bond donors (Lipinski definition) is 4. The third-order valence-corrected chi connectivity index (χ3v) is 6.99. The van der Waals surface area contributed by atoms with E-state index < -0.39 is 12.1 Å². The SMILES string of the molecule is CNC(=O)C(CC(N)C(=O)N1CCCC[C@H]1c1cc2nc(N3CC[C@H](N)C3)c(C)cn2n1)NC. The fourth-order valence-corrected chi connectivity index (χ4v) is 5.08. The second-order valence-corrected chi connectivity index (χ2v) is 9.46. The third-order valence-electron chi connectivity index (χ3n) is 6.99. The van der Waals surface area contributed by atoms with Crippen LogP contribution in [-0.4, -0.2) is 83.2 Å². The average Bonchev–Trinajstić information content (AvgIpc) is 3.46. The minimum absolute atomic E-state index is 0.151. The van der Waals surface area contributed by atoms with Crippen LogP contribution < -0.4 is 27.0 Å². The van der Waals surface area contributed by atoms with E-state index in [2.05, 4.69) is 15.5 Å². The summed E-state index contributed by atoms with van der Waals surface area (Å²) in [5.41, 5.74) is 15.0. The fraction of sp³-hybridized carbons (Fsp3) is 0.652. The first-order valence-corrected chi connectivity index (χ1v) is 12.1. The van der Waals surface area contributed by atoms with E-state index in [4.69, 9.17) is 21.5 Å². The van der Waals surface area contributed by atoms with Crippen LogP contribution >= 0.6 is 0 Å². The van der Waals surface area contributed by atoms with Crippen molar-refractivity contribution < 1.29 is 9.59 Å². The lowest BCUT2D eigenvalue weighted by atomic mass is 9.97. The largest absolute Gasteiger partial charge is 0.358 e. The van der Waals surface area contributed by atoms with Gasteiger partial charge in [0, 0.05) is 50.6 Å². The number of aromatic nitrogens is 3. The fourth-order valence-electron chi connectivity index (χ4n) is 5.08. The molecule has 11 nitrogen and oxygen atoms in total. The highest BCUT2D eigenvalue weighted by molar-refractivity contribution is 5.85. The number of nitrogens with zero attached hydrogens (tertiary/aromatic N) is 5. The van der Waals surface area contributed by atoms with Gasteiger partial charge in [-0.2, -0.15) is 5.10 Å². The van der Waals surface area contributed by atoms with Crippen molar-refractivity contribution in [3.05, 3.63) is 23.5 Å². The van der Waals surface area contributed by atoms with Crippen molar-refractivity contribution in [2.75, 3.05) is 38.6 Å². The number of nitrogens with two attached hydrogens (primary N) is 2. The molecular weight excluding hydrogens is 434 g/mol. The smallest absolute Gasteiger partial charge is 0.240 e. The van der Waals surface area contributed by atoms with Crippen LogP contribution in [0.4, 0.5) is 5.82 Å². The summed E-state index contributed by atoms with van der Waals surface area (Å²) in [4.78, 5) is 34.3. The van der Waals surface area contributed by atoms with Crippen molar-refractivity contribution in [3.63, 3.8) is 0 Å². The predicted octanol–water partition coefficient (Wildman–Crippen LogP) is -0.320. The lowest BCUT2D eigenvalue weighted by Crippen LogP contribution is -2.52. The summed E-state index contributed by atoms with van der Waals surface area (Å²) in [6.45, 7) is 4.36. The Morgan fingerprint density at radius 3 is 2.71 bits per heavy atom. The number of carbonyl (C=O) groups excluding carboxylic acids is 2. The van der Waals surface area contributed by atoms with Crippen molar-refractivity contribution in [3.8, 4) is 0 Å². The lowest BCUT2D eigenvalue weighted by molar-refractivity contribution is -0.137. The zero-order valence-electron chi connectivity index (χ0n) is 20.3. The minimum Gasteiger partial charge on any atom is -0.358 e. The van der Waals surface area contributed by atoms with E-state index in [0.717, 1.165) is 61.5 Å². The number of carbonyl (C=O) groups is 2. The van der Waals surface area contributed by atoms with E-state index >= 15 is 0 Å². The van der Waals surface area contributed by atoms with Gasteiger partial charge in [-0.3, -0.25) is 9.59 Å². The van der Waals surface area contributed by atoms with E-state index in [1.54, 1.807) is 18.6 Å². The second kappa shape index (κ2) is 10.2. The molecule has 2 amide bonds.